The van der Waals surface area contributed by atoms with Gasteiger partial charge in [-0.3, -0.25) is 13.7 Å². The Morgan fingerprint density at radius 3 is 1.91 bits per heavy atom. The first-order chi connectivity index (χ1) is 20.4. The first-order valence-electron chi connectivity index (χ1n) is 16.0. The van der Waals surface area contributed by atoms with Crippen LogP contribution in [0.5, 0.6) is 0 Å². The molecule has 0 heterocycles. The Bertz CT molecular complexity index is 1460. The van der Waals surface area contributed by atoms with Gasteiger partial charge >= 0.3 is 31.2 Å². The molecule has 3 N–H and O–H groups in total. The van der Waals surface area contributed by atoms with Gasteiger partial charge in [0.25, 0.3) is 0 Å². The van der Waals surface area contributed by atoms with Crippen LogP contribution in [0.25, 0.3) is 0 Å². The maximum absolute atomic E-state index is 12.1. The van der Waals surface area contributed by atoms with E-state index in [1.165, 1.54) is 5.57 Å². The third-order valence-corrected chi connectivity index (χ3v) is 14.3. The Labute approximate surface area is 269 Å². The number of fused-ring (bicyclic) bond motifs is 5. The van der Waals surface area contributed by atoms with Crippen molar-refractivity contribution in [2.24, 2.45) is 51.8 Å². The van der Waals surface area contributed by atoms with E-state index in [1.54, 1.807) is 0 Å². The molecule has 4 rings (SSSR count). The summed E-state index contributed by atoms with van der Waals surface area (Å²) < 4.78 is 115. The minimum Gasteiger partial charge on any atom is -0.264 e. The van der Waals surface area contributed by atoms with Gasteiger partial charge in [0.15, 0.2) is 0 Å². The van der Waals surface area contributed by atoms with Crippen molar-refractivity contribution in [3.63, 3.8) is 0 Å². The molecule has 4 aliphatic rings. The van der Waals surface area contributed by atoms with Crippen LogP contribution < -0.4 is 0 Å². The maximum atomic E-state index is 12.1. The van der Waals surface area contributed by atoms with Crippen molar-refractivity contribution in [3.05, 3.63) is 11.6 Å². The second-order valence-electron chi connectivity index (χ2n) is 15.4. The second-order valence-corrected chi connectivity index (χ2v) is 18.6. The first-order valence-corrected chi connectivity index (χ1v) is 20.1. The lowest BCUT2D eigenvalue weighted by Crippen LogP contribution is -2.62. The average molecular weight is 701 g/mol. The van der Waals surface area contributed by atoms with Crippen molar-refractivity contribution < 1.29 is 51.5 Å². The van der Waals surface area contributed by atoms with E-state index in [0.29, 0.717) is 18.3 Å². The number of allylic oxidation sites excluding steroid dienone is 2. The van der Waals surface area contributed by atoms with Crippen molar-refractivity contribution in [2.75, 3.05) is 0 Å². The predicted molar refractivity (Wildman–Crippen MR) is 167 cm³/mol. The molecular formula is C30H52O12S3. The second kappa shape index (κ2) is 12.7. The maximum Gasteiger partial charge on any atom is 0.397 e. The number of hydrogen-bond donors (Lipinski definition) is 3. The lowest BCUT2D eigenvalue weighted by atomic mass is 9.43. The molecular weight excluding hydrogens is 649 g/mol. The molecule has 4 fully saturated rings. The molecule has 0 aromatic heterocycles. The van der Waals surface area contributed by atoms with Crippen LogP contribution in [0.2, 0.25) is 0 Å². The highest BCUT2D eigenvalue weighted by Gasteiger charge is 2.65. The van der Waals surface area contributed by atoms with Gasteiger partial charge in [-0.15, -0.1) is 0 Å². The summed E-state index contributed by atoms with van der Waals surface area (Å²) in [7, 11) is -15.0. The van der Waals surface area contributed by atoms with Crippen molar-refractivity contribution >= 4 is 31.2 Å². The molecule has 0 aromatic rings. The zero-order chi connectivity index (χ0) is 34.0. The summed E-state index contributed by atoms with van der Waals surface area (Å²) in [5.74, 6) is 0.357. The van der Waals surface area contributed by atoms with E-state index in [1.807, 2.05) is 6.92 Å². The highest BCUT2D eigenvalue weighted by atomic mass is 32.3. The monoisotopic (exact) mass is 700 g/mol. The van der Waals surface area contributed by atoms with E-state index in [-0.39, 0.29) is 41.4 Å². The van der Waals surface area contributed by atoms with Crippen molar-refractivity contribution in [3.8, 4) is 0 Å². The summed E-state index contributed by atoms with van der Waals surface area (Å²) >= 11 is 0. The quantitative estimate of drug-likeness (QED) is 0.173. The number of rotatable bonds is 11. The lowest BCUT2D eigenvalue weighted by Gasteiger charge is -2.63. The molecule has 0 saturated heterocycles. The first kappa shape index (κ1) is 37.2. The largest absolute Gasteiger partial charge is 0.397 e. The Morgan fingerprint density at radius 2 is 1.36 bits per heavy atom. The van der Waals surface area contributed by atoms with Gasteiger partial charge in [-0.25, -0.2) is 12.5 Å². The van der Waals surface area contributed by atoms with Crippen LogP contribution in [0.1, 0.15) is 106 Å². The standard InChI is InChI=1S/C30H52O12S3/c1-8-28(4,5)19(3)10-9-18(2)21-11-12-22-20-15-25(40-43(31,32)33)24-16-26(41-44(34,35)36)27(42-45(37,38)39)17-30(24,7)23(20)13-14-29(21,22)6/h10,18,20-27H,8-9,11-17H2,1-7H3,(H,31,32,33)(H,34,35,36)(H,37,38,39)/b19-10+/t18?,20?,21?,22?,23?,24?,25-,26-,27?,29?,30?/m0/s1. The van der Waals surface area contributed by atoms with Gasteiger partial charge in [-0.1, -0.05) is 53.2 Å². The molecule has 0 bridgehead atoms. The summed E-state index contributed by atoms with van der Waals surface area (Å²) in [6.07, 6.45) is 3.92. The van der Waals surface area contributed by atoms with Crippen LogP contribution in [0.3, 0.4) is 0 Å². The molecule has 45 heavy (non-hydrogen) atoms. The minimum absolute atomic E-state index is 0.0179. The molecule has 0 spiro atoms. The van der Waals surface area contributed by atoms with Gasteiger partial charge in [0.05, 0.1) is 6.10 Å². The van der Waals surface area contributed by atoms with Crippen LogP contribution in [0.15, 0.2) is 11.6 Å². The van der Waals surface area contributed by atoms with Crippen LogP contribution in [-0.4, -0.2) is 57.2 Å². The summed E-state index contributed by atoms with van der Waals surface area (Å²) in [5, 5.41) is 0. The van der Waals surface area contributed by atoms with E-state index < -0.39 is 60.8 Å². The Kier molecular flexibility index (Phi) is 10.5. The highest BCUT2D eigenvalue weighted by Crippen LogP contribution is 2.69. The summed E-state index contributed by atoms with van der Waals surface area (Å²) in [6, 6.07) is 0. The van der Waals surface area contributed by atoms with Crippen LogP contribution in [0, 0.1) is 51.8 Å². The van der Waals surface area contributed by atoms with E-state index in [4.69, 9.17) is 12.5 Å². The van der Waals surface area contributed by atoms with Crippen LogP contribution in [0.4, 0.5) is 0 Å². The smallest absolute Gasteiger partial charge is 0.264 e. The fourth-order valence-corrected chi connectivity index (χ4v) is 11.6. The summed E-state index contributed by atoms with van der Waals surface area (Å²) in [5.41, 5.74) is 0.665. The molecule has 4 aliphatic carbocycles. The molecule has 0 radical (unpaired) electrons. The number of hydrogen-bond acceptors (Lipinski definition) is 9. The molecule has 0 aromatic carbocycles. The van der Waals surface area contributed by atoms with E-state index in [2.05, 4.69) is 47.6 Å². The van der Waals surface area contributed by atoms with Crippen molar-refractivity contribution in [1.82, 2.24) is 0 Å². The van der Waals surface area contributed by atoms with Gasteiger partial charge in [0, 0.05) is 0 Å². The Morgan fingerprint density at radius 1 is 0.822 bits per heavy atom. The van der Waals surface area contributed by atoms with Crippen LogP contribution >= 0.6 is 0 Å². The highest BCUT2D eigenvalue weighted by molar-refractivity contribution is 7.81. The molecule has 4 saturated carbocycles. The van der Waals surface area contributed by atoms with Crippen molar-refractivity contribution in [2.45, 2.75) is 125 Å². The van der Waals surface area contributed by atoms with E-state index in [9.17, 15) is 38.9 Å². The van der Waals surface area contributed by atoms with Gasteiger partial charge < -0.3 is 0 Å². The zero-order valence-corrected chi connectivity index (χ0v) is 29.8. The zero-order valence-electron chi connectivity index (χ0n) is 27.4. The summed E-state index contributed by atoms with van der Waals surface area (Å²) in [4.78, 5) is 0. The normalized spacial score (nSPS) is 40.4. The SMILES string of the molecule is CCC(C)(C)/C(C)=C/CC(C)C1CCC2C3C[C@H](OS(=O)(=O)O)C4C[C@H](OS(=O)(=O)O)C(OS(=O)(=O)O)CC4(C)C3CCC12C. The molecule has 12 nitrogen and oxygen atoms in total. The van der Waals surface area contributed by atoms with Gasteiger partial charge in [-0.2, -0.15) is 25.3 Å². The molecule has 9 unspecified atom stereocenters. The Balaban J connectivity index is 1.67. The minimum atomic E-state index is -5.07. The summed E-state index contributed by atoms with van der Waals surface area (Å²) in [6.45, 7) is 15.4. The Hall–Kier alpha value is -0.650. The molecule has 15 heteroatoms. The lowest BCUT2D eigenvalue weighted by molar-refractivity contribution is -0.183. The third-order valence-electron chi connectivity index (χ3n) is 12.9. The van der Waals surface area contributed by atoms with Crippen LogP contribution in [-0.2, 0) is 43.7 Å². The predicted octanol–water partition coefficient (Wildman–Crippen LogP) is 5.84. The molecule has 11 atom stereocenters. The average Bonchev–Trinajstić information content (AvgIpc) is 3.23. The van der Waals surface area contributed by atoms with E-state index >= 15 is 0 Å². The fraction of sp³-hybridized carbons (Fsp3) is 0.933. The third kappa shape index (κ3) is 7.98. The van der Waals surface area contributed by atoms with Gasteiger partial charge in [-0.05, 0) is 116 Å². The fourth-order valence-electron chi connectivity index (χ4n) is 10.1. The van der Waals surface area contributed by atoms with Gasteiger partial charge in [0.2, 0.25) is 0 Å². The molecule has 0 amide bonds. The molecule has 0 aliphatic heterocycles. The van der Waals surface area contributed by atoms with E-state index in [0.717, 1.165) is 38.5 Å². The van der Waals surface area contributed by atoms with Crippen molar-refractivity contribution in [1.29, 1.82) is 0 Å². The van der Waals surface area contributed by atoms with Gasteiger partial charge in [0.1, 0.15) is 12.2 Å². The molecule has 262 valence electrons. The topological polar surface area (TPSA) is 191 Å².